The van der Waals surface area contributed by atoms with Gasteiger partial charge in [-0.3, -0.25) is 0 Å². The van der Waals surface area contributed by atoms with Crippen LogP contribution in [0.1, 0.15) is 0 Å². The van der Waals surface area contributed by atoms with E-state index in [4.69, 9.17) is 0 Å². The molecule has 0 N–H and O–H groups in total. The van der Waals surface area contributed by atoms with Crippen molar-refractivity contribution in [2.75, 3.05) is 0 Å². The third kappa shape index (κ3) is 32.2. The fraction of sp³-hybridized carbons (Fsp3) is 0. The molecule has 0 spiro atoms. The Morgan fingerprint density at radius 2 is 0.857 bits per heavy atom. The molecule has 0 aromatic heterocycles. The summed E-state index contributed by atoms with van der Waals surface area (Å²) >= 11 is 5.30. The predicted octanol–water partition coefficient (Wildman–Crippen LogP) is -10.2. The summed E-state index contributed by atoms with van der Waals surface area (Å²) < 4.78 is 0. The van der Waals surface area contributed by atoms with Gasteiger partial charge in [-0.15, -0.1) is 0 Å². The van der Waals surface area contributed by atoms with Crippen LogP contribution in [0.25, 0.3) is 0 Å². The van der Waals surface area contributed by atoms with Gasteiger partial charge < -0.3 is 48.0 Å². The van der Waals surface area contributed by atoms with E-state index in [-0.39, 0.29) is 151 Å². The van der Waals surface area contributed by atoms with Crippen molar-refractivity contribution in [3.8, 4) is 0 Å². The van der Waals surface area contributed by atoms with Crippen molar-refractivity contribution >= 4 is 38.7 Å². The van der Waals surface area contributed by atoms with Crippen molar-refractivity contribution in [1.82, 2.24) is 0 Å². The first-order chi connectivity index (χ1) is 1.41. The summed E-state index contributed by atoms with van der Waals surface area (Å²) in [6.45, 7) is 0. The normalized spacial score (nSPS) is 3.14. The Labute approximate surface area is 193 Å². The quantitative estimate of drug-likeness (QED) is 0.170. The van der Waals surface area contributed by atoms with Crippen LogP contribution in [-0.2, 0) is 11.2 Å². The van der Waals surface area contributed by atoms with Gasteiger partial charge in [0.2, 0.25) is 0 Å². The van der Waals surface area contributed by atoms with E-state index < -0.39 is 0 Å². The Bertz CT molecular complexity index is 9.65. The van der Waals surface area contributed by atoms with Crippen LogP contribution in [0, 0.1) is 0 Å². The second-order valence-electron chi connectivity index (χ2n) is 0.0452. The first kappa shape index (κ1) is 29.2. The number of rotatable bonds is 0. The minimum absolute atomic E-state index is 0. The molecule has 40 valence electrons. The van der Waals surface area contributed by atoms with Crippen LogP contribution in [0.5, 0.6) is 0 Å². The summed E-state index contributed by atoms with van der Waals surface area (Å²) in [5.74, 6) is 0. The summed E-state index contributed by atoms with van der Waals surface area (Å²) in [7, 11) is 0. The van der Waals surface area contributed by atoms with E-state index in [1.807, 2.05) is 0 Å². The van der Waals surface area contributed by atoms with Crippen LogP contribution in [0.2, 0.25) is 0 Å². The maximum Gasteiger partial charge on any atom is 1.00 e. The molecule has 0 unspecified atom stereocenters. The van der Waals surface area contributed by atoms with Crippen LogP contribution in [0.4, 0.5) is 0 Å². The molecule has 0 aliphatic heterocycles. The Balaban J connectivity index is -0.00000000333. The van der Waals surface area contributed by atoms with Crippen molar-refractivity contribution < 1.29 is 162 Å². The molecule has 7 heteroatoms. The van der Waals surface area contributed by atoms with Crippen LogP contribution < -0.4 is 151 Å². The molecule has 0 saturated heterocycles. The molecular weight excluding hydrogens is 781 g/mol. The fourth-order valence-corrected chi connectivity index (χ4v) is 0. The van der Waals surface area contributed by atoms with Gasteiger partial charge in [-0.1, -0.05) is 0 Å². The zero-order valence-electron chi connectivity index (χ0n) is 3.83. The molecule has 0 radical (unpaired) electrons. The number of hydrogen-bond donors (Lipinski definition) is 0. The monoisotopic (exact) mass is 781 g/mol. The molecule has 0 aliphatic rings. The van der Waals surface area contributed by atoms with Gasteiger partial charge in [0.1, 0.15) is 0 Å². The molecule has 0 fully saturated rings. The van der Waals surface area contributed by atoms with Crippen LogP contribution in [-0.4, -0.2) is 0 Å². The zero-order valence-corrected chi connectivity index (χ0v) is 21.0. The Kier molecular flexibility index (Phi) is 122. The first-order valence-corrected chi connectivity index (χ1v) is 13.1. The second-order valence-corrected chi connectivity index (χ2v) is 16.6. The van der Waals surface area contributed by atoms with Gasteiger partial charge in [0.15, 0.2) is 0 Å². The van der Waals surface area contributed by atoms with Gasteiger partial charge in [0.05, 0.1) is 0 Å². The van der Waals surface area contributed by atoms with E-state index in [0.717, 1.165) is 0 Å². The van der Waals surface area contributed by atoms with E-state index in [0.29, 0.717) is 11.2 Å². The molecule has 0 atom stereocenters. The van der Waals surface area contributed by atoms with Crippen molar-refractivity contribution in [2.24, 2.45) is 0 Å². The van der Waals surface area contributed by atoms with Gasteiger partial charge in [-0.05, 0) is 0 Å². The van der Waals surface area contributed by atoms with E-state index in [2.05, 4.69) is 38.7 Å². The van der Waals surface area contributed by atoms with Crippen molar-refractivity contribution in [2.45, 2.75) is 0 Å². The molecule has 0 aromatic rings. The Morgan fingerprint density at radius 3 is 0.857 bits per heavy atom. The van der Waals surface area contributed by atoms with Gasteiger partial charge in [0, 0.05) is 0 Å². The number of halogens is 4. The molecule has 0 rings (SSSR count). The topological polar surface area (TPSA) is 0 Å². The Hall–Kier alpha value is 6.88. The average Bonchev–Trinajstić information content (AvgIpc) is 0.918. The molecule has 7 heavy (non-hydrogen) atoms. The van der Waals surface area contributed by atoms with E-state index in [1.165, 1.54) is 0 Å². The van der Waals surface area contributed by atoms with Crippen molar-refractivity contribution in [3.05, 3.63) is 0 Å². The minimum Gasteiger partial charge on any atom is 1.00 e. The second kappa shape index (κ2) is 29.3. The minimum atomic E-state index is 0. The van der Waals surface area contributed by atoms with Gasteiger partial charge in [0.25, 0.3) is 0 Å². The third-order valence-corrected chi connectivity index (χ3v) is 0. The predicted molar refractivity (Wildman–Crippen MR) is 28.0 cm³/mol. The average molecular weight is 781 g/mol. The molecule has 0 heterocycles. The smallest absolute Gasteiger partial charge is 1.00 e. The summed E-state index contributed by atoms with van der Waals surface area (Å²) in [4.78, 5) is 0. The molecule has 0 amide bonds. The molecule has 0 aromatic carbocycles. The van der Waals surface area contributed by atoms with Crippen LogP contribution in [0.15, 0.2) is 0 Å². The largest absolute Gasteiger partial charge is 1.00 e. The van der Waals surface area contributed by atoms with Crippen molar-refractivity contribution in [3.63, 3.8) is 0 Å². The summed E-state index contributed by atoms with van der Waals surface area (Å²) in [6, 6.07) is 0. The molecule has 0 saturated carbocycles. The van der Waals surface area contributed by atoms with Crippen molar-refractivity contribution in [1.29, 1.82) is 0 Å². The fourth-order valence-electron chi connectivity index (χ4n) is 0. The van der Waals surface area contributed by atoms with Crippen LogP contribution >= 0.6 is 38.7 Å². The molecular formula is I4K2Pt. The first-order valence-electron chi connectivity index (χ1n) is 0.239. The summed E-state index contributed by atoms with van der Waals surface area (Å²) in [5, 5.41) is 0. The Morgan fingerprint density at radius 1 is 0.857 bits per heavy atom. The maximum absolute atomic E-state index is 2.39. The maximum atomic E-state index is 2.39. The molecule has 0 nitrogen and oxygen atoms in total. The van der Waals surface area contributed by atoms with Gasteiger partial charge in [-0.25, -0.2) is 0 Å². The molecule has 0 aliphatic carbocycles. The number of hydrogen-bond acceptors (Lipinski definition) is 0. The summed E-state index contributed by atoms with van der Waals surface area (Å²) in [6.07, 6.45) is 0. The van der Waals surface area contributed by atoms with E-state index >= 15 is 0 Å². The summed E-state index contributed by atoms with van der Waals surface area (Å²) in [5.41, 5.74) is 0. The van der Waals surface area contributed by atoms with Gasteiger partial charge >= 0.3 is 153 Å². The zero-order chi connectivity index (χ0) is 2.71. The SMILES string of the molecule is [I-].[I-].[I][Pt][I].[K+].[K+]. The molecule has 0 bridgehead atoms. The van der Waals surface area contributed by atoms with Gasteiger partial charge in [-0.2, -0.15) is 0 Å². The standard InChI is InChI=1S/4HI.2K.Pt/h4*1H;;;/q;;;;2*+1;+2/p-4. The van der Waals surface area contributed by atoms with E-state index in [9.17, 15) is 0 Å². The van der Waals surface area contributed by atoms with E-state index in [1.54, 1.807) is 0 Å². The third-order valence-electron chi connectivity index (χ3n) is 0. The van der Waals surface area contributed by atoms with Crippen LogP contribution in [0.3, 0.4) is 0 Å².